The van der Waals surface area contributed by atoms with Crippen molar-refractivity contribution in [2.45, 2.75) is 6.92 Å². The number of imide groups is 2. The van der Waals surface area contributed by atoms with Crippen LogP contribution in [-0.4, -0.2) is 36.3 Å². The Morgan fingerprint density at radius 1 is 1.00 bits per heavy atom. The monoisotopic (exact) mass is 432 g/mol. The number of para-hydroxylation sites is 1. The van der Waals surface area contributed by atoms with E-state index in [-0.39, 0.29) is 18.1 Å². The molecule has 5 amide bonds. The molecule has 0 radical (unpaired) electrons. The molecule has 2 aromatic carbocycles. The Labute approximate surface area is 181 Å². The summed E-state index contributed by atoms with van der Waals surface area (Å²) in [6, 6.07) is 12.4. The number of hydrogen-bond donors (Lipinski definition) is 1. The minimum absolute atomic E-state index is 0.0306. The van der Waals surface area contributed by atoms with Crippen LogP contribution < -0.4 is 24.7 Å². The average molecular weight is 432 g/mol. The van der Waals surface area contributed by atoms with Crippen molar-refractivity contribution in [1.82, 2.24) is 5.32 Å². The number of carbonyl (C=O) groups excluding carboxylic acids is 4. The largest absolute Gasteiger partial charge is 0.454 e. The molecule has 0 aromatic heterocycles. The van der Waals surface area contributed by atoms with Crippen LogP contribution in [0.4, 0.5) is 16.2 Å². The van der Waals surface area contributed by atoms with E-state index >= 15 is 0 Å². The van der Waals surface area contributed by atoms with E-state index in [9.17, 15) is 19.2 Å². The minimum Gasteiger partial charge on any atom is -0.454 e. The summed E-state index contributed by atoms with van der Waals surface area (Å²) in [7, 11) is 0. The van der Waals surface area contributed by atoms with Crippen molar-refractivity contribution in [3.63, 3.8) is 0 Å². The molecule has 3 aliphatic rings. The molecule has 1 atom stereocenters. The van der Waals surface area contributed by atoms with Crippen LogP contribution in [0.3, 0.4) is 0 Å². The van der Waals surface area contributed by atoms with E-state index < -0.39 is 29.7 Å². The third-order valence-electron chi connectivity index (χ3n) is 5.23. The van der Waals surface area contributed by atoms with Gasteiger partial charge in [0.15, 0.2) is 11.5 Å². The zero-order chi connectivity index (χ0) is 22.4. The predicted molar refractivity (Wildman–Crippen MR) is 112 cm³/mol. The topological polar surface area (TPSA) is 118 Å². The summed E-state index contributed by atoms with van der Waals surface area (Å²) in [6.45, 7) is 1.66. The molecule has 3 heterocycles. The molecule has 10 nitrogen and oxygen atoms in total. The van der Waals surface area contributed by atoms with Gasteiger partial charge in [-0.25, -0.2) is 9.69 Å². The first-order valence-electron chi connectivity index (χ1n) is 9.69. The fourth-order valence-electron chi connectivity index (χ4n) is 3.63. The van der Waals surface area contributed by atoms with Crippen LogP contribution in [0.15, 0.2) is 65.3 Å². The van der Waals surface area contributed by atoms with E-state index in [0.717, 1.165) is 4.90 Å². The molecule has 5 rings (SSSR count). The van der Waals surface area contributed by atoms with Gasteiger partial charge < -0.3 is 9.47 Å². The molecule has 0 spiro atoms. The summed E-state index contributed by atoms with van der Waals surface area (Å²) in [5, 5.41) is 7.64. The first kappa shape index (κ1) is 19.5. The van der Waals surface area contributed by atoms with Gasteiger partial charge in [-0.3, -0.25) is 19.7 Å². The fraction of sp³-hybridized carbons (Fsp3) is 0.136. The maximum absolute atomic E-state index is 13.1. The lowest BCUT2D eigenvalue weighted by Crippen LogP contribution is -2.54. The third-order valence-corrected chi connectivity index (χ3v) is 5.23. The Kier molecular flexibility index (Phi) is 4.47. The first-order chi connectivity index (χ1) is 15.4. The van der Waals surface area contributed by atoms with Gasteiger partial charge in [-0.1, -0.05) is 18.2 Å². The lowest BCUT2D eigenvalue weighted by atomic mass is 9.98. The molecule has 1 saturated heterocycles. The smallest absolute Gasteiger partial charge is 0.335 e. The summed E-state index contributed by atoms with van der Waals surface area (Å²) in [5.41, 5.74) is 0.849. The Bertz CT molecular complexity index is 1240. The maximum atomic E-state index is 13.1. The van der Waals surface area contributed by atoms with E-state index in [1.807, 2.05) is 6.07 Å². The second-order valence-corrected chi connectivity index (χ2v) is 7.22. The Hall–Kier alpha value is -4.47. The highest BCUT2D eigenvalue weighted by Crippen LogP contribution is 2.36. The quantitative estimate of drug-likeness (QED) is 0.585. The van der Waals surface area contributed by atoms with Gasteiger partial charge in [-0.15, -0.1) is 0 Å². The Morgan fingerprint density at radius 2 is 1.75 bits per heavy atom. The van der Waals surface area contributed by atoms with Gasteiger partial charge in [0.05, 0.1) is 23.0 Å². The zero-order valence-electron chi connectivity index (χ0n) is 16.8. The molecule has 1 fully saturated rings. The molecule has 3 aliphatic heterocycles. The summed E-state index contributed by atoms with van der Waals surface area (Å²) < 4.78 is 10.5. The molecule has 10 heteroatoms. The number of nitrogens with one attached hydrogen (secondary N) is 1. The van der Waals surface area contributed by atoms with Gasteiger partial charge in [-0.2, -0.15) is 10.1 Å². The number of anilines is 2. The SMILES string of the molecule is CC1=NN(c2ccccc2)C(=O)[C@H]1/C=C1\C(=O)NC(=O)N(c2ccc3c(c2)OCO3)C1=O. The van der Waals surface area contributed by atoms with Crippen LogP contribution in [0.5, 0.6) is 11.5 Å². The number of rotatable bonds is 3. The molecule has 160 valence electrons. The van der Waals surface area contributed by atoms with Gasteiger partial charge >= 0.3 is 6.03 Å². The van der Waals surface area contributed by atoms with Gasteiger partial charge in [0.25, 0.3) is 17.7 Å². The number of nitrogens with zero attached hydrogens (tertiary/aromatic N) is 3. The number of carbonyl (C=O) groups is 4. The molecule has 2 aromatic rings. The molecule has 0 saturated carbocycles. The molecule has 0 bridgehead atoms. The van der Waals surface area contributed by atoms with Crippen molar-refractivity contribution in [2.75, 3.05) is 16.7 Å². The number of benzene rings is 2. The van der Waals surface area contributed by atoms with Crippen LogP contribution in [0, 0.1) is 5.92 Å². The molecular weight excluding hydrogens is 416 g/mol. The van der Waals surface area contributed by atoms with Crippen LogP contribution in [0.25, 0.3) is 0 Å². The highest BCUT2D eigenvalue weighted by atomic mass is 16.7. The number of hydrazone groups is 1. The molecule has 0 aliphatic carbocycles. The standard InChI is InChI=1S/C22H16N4O6/c1-12-15(21(29)26(24-12)13-5-3-2-4-6-13)10-16-19(27)23-22(30)25(20(16)28)14-7-8-17-18(9-14)32-11-31-17/h2-10,15H,11H2,1H3,(H,23,27,30)/b16-10+/t15-/m0/s1. The number of urea groups is 1. The van der Waals surface area contributed by atoms with Crippen LogP contribution in [0.2, 0.25) is 0 Å². The van der Waals surface area contributed by atoms with Crippen LogP contribution in [-0.2, 0) is 14.4 Å². The normalized spacial score (nSPS) is 21.3. The van der Waals surface area contributed by atoms with Crippen molar-refractivity contribution in [3.05, 3.63) is 60.2 Å². The molecule has 32 heavy (non-hydrogen) atoms. The highest BCUT2D eigenvalue weighted by molar-refractivity contribution is 6.38. The highest BCUT2D eigenvalue weighted by Gasteiger charge is 2.40. The van der Waals surface area contributed by atoms with Crippen LogP contribution in [0.1, 0.15) is 6.92 Å². The van der Waals surface area contributed by atoms with E-state index in [4.69, 9.17) is 9.47 Å². The van der Waals surface area contributed by atoms with E-state index in [1.54, 1.807) is 37.3 Å². The van der Waals surface area contributed by atoms with Crippen molar-refractivity contribution in [1.29, 1.82) is 0 Å². The number of fused-ring (bicyclic) bond motifs is 1. The molecule has 0 unspecified atom stereocenters. The number of amides is 5. The first-order valence-corrected chi connectivity index (χ1v) is 9.69. The fourth-order valence-corrected chi connectivity index (χ4v) is 3.63. The van der Waals surface area contributed by atoms with Gasteiger partial charge in [0, 0.05) is 6.07 Å². The second kappa shape index (κ2) is 7.34. The Balaban J connectivity index is 1.47. The third kappa shape index (κ3) is 3.09. The number of hydrogen-bond acceptors (Lipinski definition) is 7. The van der Waals surface area contributed by atoms with E-state index in [2.05, 4.69) is 10.4 Å². The van der Waals surface area contributed by atoms with Gasteiger partial charge in [-0.05, 0) is 37.3 Å². The average Bonchev–Trinajstić information content (AvgIpc) is 3.35. The summed E-state index contributed by atoms with van der Waals surface area (Å²) in [5.74, 6) is -2.21. The predicted octanol–water partition coefficient (Wildman–Crippen LogP) is 1.96. The van der Waals surface area contributed by atoms with Crippen LogP contribution >= 0.6 is 0 Å². The van der Waals surface area contributed by atoms with Crippen molar-refractivity contribution in [3.8, 4) is 11.5 Å². The zero-order valence-corrected chi connectivity index (χ0v) is 16.8. The maximum Gasteiger partial charge on any atom is 0.335 e. The van der Waals surface area contributed by atoms with Crippen molar-refractivity contribution < 1.29 is 28.7 Å². The summed E-state index contributed by atoms with van der Waals surface area (Å²) >= 11 is 0. The minimum atomic E-state index is -0.924. The lowest BCUT2D eigenvalue weighted by molar-refractivity contribution is -0.122. The van der Waals surface area contributed by atoms with Crippen molar-refractivity contribution >= 4 is 40.8 Å². The number of ether oxygens (including phenoxy) is 2. The summed E-state index contributed by atoms with van der Waals surface area (Å²) in [6.07, 6.45) is 1.24. The Morgan fingerprint density at radius 3 is 2.53 bits per heavy atom. The van der Waals surface area contributed by atoms with Crippen molar-refractivity contribution in [2.24, 2.45) is 11.0 Å². The molecular formula is C22H16N4O6. The van der Waals surface area contributed by atoms with E-state index in [0.29, 0.717) is 22.9 Å². The lowest BCUT2D eigenvalue weighted by Gasteiger charge is -2.26. The molecule has 1 N–H and O–H groups in total. The van der Waals surface area contributed by atoms with Gasteiger partial charge in [0.1, 0.15) is 5.57 Å². The number of barbiturate groups is 1. The van der Waals surface area contributed by atoms with Gasteiger partial charge in [0.2, 0.25) is 6.79 Å². The van der Waals surface area contributed by atoms with E-state index in [1.165, 1.54) is 23.2 Å². The second-order valence-electron chi connectivity index (χ2n) is 7.22. The summed E-state index contributed by atoms with van der Waals surface area (Å²) in [4.78, 5) is 51.8.